The van der Waals surface area contributed by atoms with Crippen molar-refractivity contribution in [2.24, 2.45) is 0 Å². The summed E-state index contributed by atoms with van der Waals surface area (Å²) in [6, 6.07) is 7.41. The van der Waals surface area contributed by atoms with E-state index in [1.54, 1.807) is 6.92 Å². The first-order valence-corrected chi connectivity index (χ1v) is 12.7. The molecule has 0 aliphatic heterocycles. The van der Waals surface area contributed by atoms with Crippen LogP contribution in [0.1, 0.15) is 25.8 Å². The zero-order valence-corrected chi connectivity index (χ0v) is 18.7. The lowest BCUT2D eigenvalue weighted by Crippen LogP contribution is -2.33. The van der Waals surface area contributed by atoms with Gasteiger partial charge in [-0.05, 0) is 42.3 Å². The molecule has 2 rings (SSSR count). The maximum absolute atomic E-state index is 14.0. The van der Waals surface area contributed by atoms with E-state index in [1.807, 2.05) is 4.72 Å². The third-order valence-electron chi connectivity index (χ3n) is 3.91. The minimum absolute atomic E-state index is 0.0127. The normalized spacial score (nSPS) is 11.9. The van der Waals surface area contributed by atoms with Gasteiger partial charge in [-0.25, -0.2) is 21.2 Å². The summed E-state index contributed by atoms with van der Waals surface area (Å²) in [5.41, 5.74) is 0.190. The van der Waals surface area contributed by atoms with E-state index in [0.717, 1.165) is 12.1 Å². The summed E-state index contributed by atoms with van der Waals surface area (Å²) in [4.78, 5) is 12.0. The molecule has 2 aromatic carbocycles. The molecule has 0 atom stereocenters. The summed E-state index contributed by atoms with van der Waals surface area (Å²) in [7, 11) is -7.18. The van der Waals surface area contributed by atoms with Crippen molar-refractivity contribution in [3.05, 3.63) is 52.8 Å². The highest BCUT2D eigenvalue weighted by atomic mass is 35.5. The van der Waals surface area contributed by atoms with E-state index in [0.29, 0.717) is 6.42 Å². The smallest absolute Gasteiger partial charge is 0.237 e. The van der Waals surface area contributed by atoms with Crippen molar-refractivity contribution in [2.75, 3.05) is 11.5 Å². The van der Waals surface area contributed by atoms with Gasteiger partial charge in [0.2, 0.25) is 15.9 Å². The predicted octanol–water partition coefficient (Wildman–Crippen LogP) is 3.46. The van der Waals surface area contributed by atoms with E-state index in [4.69, 9.17) is 16.3 Å². The van der Waals surface area contributed by atoms with Gasteiger partial charge in [-0.15, -0.1) is 0 Å². The Bertz CT molecular complexity index is 1150. The van der Waals surface area contributed by atoms with Gasteiger partial charge in [0.05, 0.1) is 27.8 Å². The van der Waals surface area contributed by atoms with Crippen LogP contribution in [0.2, 0.25) is 5.02 Å². The van der Waals surface area contributed by atoms with Crippen molar-refractivity contribution in [1.82, 2.24) is 4.72 Å². The SMILES string of the molecule is CCCS(=O)(=O)NC(=O)Cc1cc(F)cc(Oc2ccc(S(=O)(=O)CC)cc2Cl)c1. The van der Waals surface area contributed by atoms with Crippen molar-refractivity contribution in [3.8, 4) is 11.5 Å². The number of sulfonamides is 1. The van der Waals surface area contributed by atoms with Gasteiger partial charge in [0.1, 0.15) is 17.3 Å². The van der Waals surface area contributed by atoms with E-state index in [2.05, 4.69) is 0 Å². The molecule has 0 radical (unpaired) electrons. The topological polar surface area (TPSA) is 107 Å². The summed E-state index contributed by atoms with van der Waals surface area (Å²) >= 11 is 6.09. The predicted molar refractivity (Wildman–Crippen MR) is 112 cm³/mol. The summed E-state index contributed by atoms with van der Waals surface area (Å²) in [6.07, 6.45) is -0.0296. The summed E-state index contributed by atoms with van der Waals surface area (Å²) in [5, 5.41) is 0.0127. The molecule has 0 aromatic heterocycles. The molecule has 7 nitrogen and oxygen atoms in total. The lowest BCUT2D eigenvalue weighted by atomic mass is 10.1. The third kappa shape index (κ3) is 6.68. The maximum Gasteiger partial charge on any atom is 0.237 e. The van der Waals surface area contributed by atoms with Crippen LogP contribution in [0.5, 0.6) is 11.5 Å². The van der Waals surface area contributed by atoms with Crippen LogP contribution in [0.25, 0.3) is 0 Å². The fourth-order valence-corrected chi connectivity index (χ4v) is 4.80. The van der Waals surface area contributed by atoms with Crippen molar-refractivity contribution in [3.63, 3.8) is 0 Å². The molecule has 0 bridgehead atoms. The molecule has 30 heavy (non-hydrogen) atoms. The second-order valence-corrected chi connectivity index (χ2v) is 10.9. The number of nitrogens with one attached hydrogen (secondary N) is 1. The maximum atomic E-state index is 14.0. The zero-order chi connectivity index (χ0) is 22.5. The van der Waals surface area contributed by atoms with Crippen LogP contribution in [-0.2, 0) is 31.1 Å². The van der Waals surface area contributed by atoms with E-state index in [-0.39, 0.29) is 44.9 Å². The van der Waals surface area contributed by atoms with E-state index in [9.17, 15) is 26.0 Å². The number of rotatable bonds is 9. The van der Waals surface area contributed by atoms with Crippen LogP contribution in [0, 0.1) is 5.82 Å². The number of carbonyl (C=O) groups excluding carboxylic acids is 1. The summed E-state index contributed by atoms with van der Waals surface area (Å²) < 4.78 is 68.6. The minimum atomic E-state index is -3.73. The Morgan fingerprint density at radius 1 is 1.10 bits per heavy atom. The quantitative estimate of drug-likeness (QED) is 0.592. The molecule has 0 fully saturated rings. The third-order valence-corrected chi connectivity index (χ3v) is 7.42. The van der Waals surface area contributed by atoms with Crippen LogP contribution in [0.4, 0.5) is 4.39 Å². The van der Waals surface area contributed by atoms with Crippen molar-refractivity contribution in [1.29, 1.82) is 0 Å². The Labute approximate surface area is 180 Å². The summed E-state index contributed by atoms with van der Waals surface area (Å²) in [5.74, 6) is -1.67. The Morgan fingerprint density at radius 2 is 1.80 bits per heavy atom. The molecule has 0 saturated carbocycles. The highest BCUT2D eigenvalue weighted by Gasteiger charge is 2.17. The number of amides is 1. The molecular formula is C19H21ClFNO6S2. The lowest BCUT2D eigenvalue weighted by molar-refractivity contribution is -0.118. The zero-order valence-electron chi connectivity index (χ0n) is 16.3. The highest BCUT2D eigenvalue weighted by molar-refractivity contribution is 7.91. The van der Waals surface area contributed by atoms with Gasteiger partial charge in [0.15, 0.2) is 9.84 Å². The monoisotopic (exact) mass is 477 g/mol. The largest absolute Gasteiger partial charge is 0.456 e. The fourth-order valence-electron chi connectivity index (χ4n) is 2.55. The van der Waals surface area contributed by atoms with E-state index >= 15 is 0 Å². The Hall–Kier alpha value is -2.17. The van der Waals surface area contributed by atoms with Gasteiger partial charge in [-0.1, -0.05) is 25.4 Å². The molecule has 0 spiro atoms. The van der Waals surface area contributed by atoms with Gasteiger partial charge in [0, 0.05) is 6.07 Å². The summed E-state index contributed by atoms with van der Waals surface area (Å²) in [6.45, 7) is 3.17. The van der Waals surface area contributed by atoms with Crippen LogP contribution in [0.3, 0.4) is 0 Å². The molecule has 1 amide bonds. The second-order valence-electron chi connectivity index (χ2n) is 6.41. The van der Waals surface area contributed by atoms with Crippen LogP contribution < -0.4 is 9.46 Å². The molecule has 0 aliphatic carbocycles. The number of benzene rings is 2. The molecule has 0 unspecified atom stereocenters. The lowest BCUT2D eigenvalue weighted by Gasteiger charge is -2.11. The fraction of sp³-hybridized carbons (Fsp3) is 0.316. The molecule has 11 heteroatoms. The number of ether oxygens (including phenoxy) is 1. The Balaban J connectivity index is 2.21. The highest BCUT2D eigenvalue weighted by Crippen LogP contribution is 2.32. The van der Waals surface area contributed by atoms with Gasteiger partial charge in [0.25, 0.3) is 0 Å². The van der Waals surface area contributed by atoms with E-state index < -0.39 is 31.6 Å². The van der Waals surface area contributed by atoms with Crippen molar-refractivity contribution >= 4 is 37.4 Å². The van der Waals surface area contributed by atoms with Crippen LogP contribution >= 0.6 is 11.6 Å². The minimum Gasteiger partial charge on any atom is -0.456 e. The average molecular weight is 478 g/mol. The first kappa shape index (κ1) is 24.1. The molecule has 0 heterocycles. The van der Waals surface area contributed by atoms with Crippen molar-refractivity contribution in [2.45, 2.75) is 31.6 Å². The molecule has 0 saturated heterocycles. The van der Waals surface area contributed by atoms with Gasteiger partial charge < -0.3 is 4.74 Å². The number of halogens is 2. The molecule has 0 aliphatic rings. The van der Waals surface area contributed by atoms with Gasteiger partial charge >= 0.3 is 0 Å². The number of hydrogen-bond acceptors (Lipinski definition) is 6. The van der Waals surface area contributed by atoms with Crippen molar-refractivity contribution < 1.29 is 30.8 Å². The standard InChI is InChI=1S/C19H21ClFNO6S2/c1-3-7-30(26,27)22-19(23)10-13-8-14(21)11-15(9-13)28-18-6-5-16(12-17(18)20)29(24,25)4-2/h5-6,8-9,11-12H,3-4,7,10H2,1-2H3,(H,22,23). The van der Waals surface area contributed by atoms with Gasteiger partial charge in [-0.3, -0.25) is 9.52 Å². The average Bonchev–Trinajstić information content (AvgIpc) is 2.62. The molecule has 1 N–H and O–H groups in total. The van der Waals surface area contributed by atoms with E-state index in [1.165, 1.54) is 31.2 Å². The number of sulfone groups is 1. The molecule has 164 valence electrons. The first-order valence-electron chi connectivity index (χ1n) is 8.98. The second kappa shape index (κ2) is 9.76. The Morgan fingerprint density at radius 3 is 2.40 bits per heavy atom. The number of carbonyl (C=O) groups is 1. The Kier molecular flexibility index (Phi) is 7.84. The van der Waals surface area contributed by atoms with Crippen LogP contribution in [-0.4, -0.2) is 34.2 Å². The number of hydrogen-bond donors (Lipinski definition) is 1. The first-order chi connectivity index (χ1) is 14.0. The molecular weight excluding hydrogens is 457 g/mol. The van der Waals surface area contributed by atoms with Crippen LogP contribution in [0.15, 0.2) is 41.3 Å². The van der Waals surface area contributed by atoms with Gasteiger partial charge in [-0.2, -0.15) is 0 Å². The molecule has 2 aromatic rings.